The van der Waals surface area contributed by atoms with Crippen LogP contribution in [0.25, 0.3) is 0 Å². The number of carbonyl (C=O) groups excluding carboxylic acids is 1. The Balaban J connectivity index is 0.00000300. The first kappa shape index (κ1) is 23.6. The average Bonchev–Trinajstić information content (AvgIpc) is 3.25. The lowest BCUT2D eigenvalue weighted by atomic mass is 10.3. The van der Waals surface area contributed by atoms with E-state index in [1.165, 1.54) is 17.7 Å². The van der Waals surface area contributed by atoms with Gasteiger partial charge in [-0.2, -0.15) is 0 Å². The molecule has 1 saturated carbocycles. The third kappa shape index (κ3) is 7.93. The molecule has 3 rings (SSSR count). The molecule has 0 radical (unpaired) electrons. The number of likely N-dealkylation sites (N-methyl/N-ethyl adjacent to an activating group) is 1. The zero-order valence-electron chi connectivity index (χ0n) is 16.9. The van der Waals surface area contributed by atoms with Crippen molar-refractivity contribution in [2.24, 2.45) is 4.99 Å². The van der Waals surface area contributed by atoms with E-state index < -0.39 is 0 Å². The molecule has 6 nitrogen and oxygen atoms in total. The summed E-state index contributed by atoms with van der Waals surface area (Å²) >= 11 is 1.91. The summed E-state index contributed by atoms with van der Waals surface area (Å²) in [5.74, 6) is 1.57. The van der Waals surface area contributed by atoms with Crippen LogP contribution in [0.5, 0.6) is 0 Å². The van der Waals surface area contributed by atoms with Crippen LogP contribution < -0.4 is 10.6 Å². The van der Waals surface area contributed by atoms with Crippen molar-refractivity contribution in [2.45, 2.75) is 28.9 Å². The van der Waals surface area contributed by atoms with Crippen molar-refractivity contribution < 1.29 is 9.21 Å². The molecule has 158 valence electrons. The molecule has 1 aliphatic rings. The van der Waals surface area contributed by atoms with Crippen molar-refractivity contribution in [2.75, 3.05) is 33.7 Å². The highest BCUT2D eigenvalue weighted by Gasteiger charge is 2.43. The lowest BCUT2D eigenvalue weighted by Crippen LogP contribution is -2.42. The fourth-order valence-corrected chi connectivity index (χ4v) is 3.90. The molecule has 0 saturated heterocycles. The quantitative estimate of drug-likeness (QED) is 0.297. The number of rotatable bonds is 9. The third-order valence-corrected chi connectivity index (χ3v) is 6.07. The van der Waals surface area contributed by atoms with Crippen molar-refractivity contribution in [3.05, 3.63) is 54.5 Å². The minimum Gasteiger partial charge on any atom is -0.469 e. The van der Waals surface area contributed by atoms with Crippen LogP contribution in [0.4, 0.5) is 0 Å². The molecule has 29 heavy (non-hydrogen) atoms. The number of hydrogen-bond acceptors (Lipinski definition) is 4. The SMILES string of the molecule is CN(C)C(=O)CN=C(NCCc1ccco1)NCC1(Sc2ccccc2)CC1.I. The lowest BCUT2D eigenvalue weighted by molar-refractivity contribution is -0.127. The van der Waals surface area contributed by atoms with Crippen molar-refractivity contribution in [1.29, 1.82) is 0 Å². The number of amides is 1. The number of carbonyl (C=O) groups is 1. The molecule has 0 unspecified atom stereocenters. The van der Waals surface area contributed by atoms with E-state index >= 15 is 0 Å². The van der Waals surface area contributed by atoms with Gasteiger partial charge in [0.25, 0.3) is 0 Å². The molecule has 1 amide bonds. The Hall–Kier alpha value is -1.68. The van der Waals surface area contributed by atoms with Gasteiger partial charge in [0.2, 0.25) is 5.91 Å². The van der Waals surface area contributed by atoms with Gasteiger partial charge in [-0.25, -0.2) is 4.99 Å². The molecule has 0 atom stereocenters. The molecule has 2 N–H and O–H groups in total. The highest BCUT2D eigenvalue weighted by atomic mass is 127. The first-order chi connectivity index (χ1) is 13.6. The van der Waals surface area contributed by atoms with E-state index in [1.54, 1.807) is 25.3 Å². The minimum absolute atomic E-state index is 0. The minimum atomic E-state index is -0.0214. The van der Waals surface area contributed by atoms with Gasteiger partial charge in [0.05, 0.1) is 6.26 Å². The van der Waals surface area contributed by atoms with Gasteiger partial charge < -0.3 is 20.0 Å². The Morgan fingerprint density at radius 1 is 1.17 bits per heavy atom. The maximum Gasteiger partial charge on any atom is 0.243 e. The van der Waals surface area contributed by atoms with E-state index in [-0.39, 0.29) is 41.2 Å². The first-order valence-corrected chi connectivity index (χ1v) is 10.4. The van der Waals surface area contributed by atoms with Gasteiger partial charge in [0, 0.05) is 43.2 Å². The number of nitrogens with zero attached hydrogens (tertiary/aromatic N) is 2. The molecule has 2 aromatic rings. The number of nitrogens with one attached hydrogen (secondary N) is 2. The zero-order valence-corrected chi connectivity index (χ0v) is 20.0. The van der Waals surface area contributed by atoms with E-state index in [2.05, 4.69) is 39.9 Å². The molecule has 1 aromatic heterocycles. The highest BCUT2D eigenvalue weighted by molar-refractivity contribution is 14.0. The Kier molecular flexibility index (Phi) is 9.35. The van der Waals surface area contributed by atoms with Gasteiger partial charge in [0.1, 0.15) is 12.3 Å². The van der Waals surface area contributed by atoms with Crippen LogP contribution >= 0.6 is 35.7 Å². The monoisotopic (exact) mass is 528 g/mol. The zero-order chi connectivity index (χ0) is 19.8. The highest BCUT2D eigenvalue weighted by Crippen LogP contribution is 2.51. The Labute approximate surface area is 193 Å². The number of furan rings is 1. The molecule has 1 fully saturated rings. The van der Waals surface area contributed by atoms with Crippen LogP contribution in [0.2, 0.25) is 0 Å². The summed E-state index contributed by atoms with van der Waals surface area (Å²) in [6, 6.07) is 14.3. The molecular formula is C21H29IN4O2S. The number of halogens is 1. The second-order valence-electron chi connectivity index (χ2n) is 7.16. The van der Waals surface area contributed by atoms with Crippen LogP contribution in [-0.2, 0) is 11.2 Å². The van der Waals surface area contributed by atoms with E-state index in [0.29, 0.717) is 12.5 Å². The van der Waals surface area contributed by atoms with Crippen LogP contribution in [0.15, 0.2) is 63.0 Å². The largest absolute Gasteiger partial charge is 0.469 e. The smallest absolute Gasteiger partial charge is 0.243 e. The van der Waals surface area contributed by atoms with Crippen LogP contribution in [0, 0.1) is 0 Å². The predicted molar refractivity (Wildman–Crippen MR) is 129 cm³/mol. The first-order valence-electron chi connectivity index (χ1n) is 9.55. The van der Waals surface area contributed by atoms with E-state index in [0.717, 1.165) is 18.7 Å². The fourth-order valence-electron chi connectivity index (χ4n) is 2.66. The van der Waals surface area contributed by atoms with Crippen molar-refractivity contribution in [1.82, 2.24) is 15.5 Å². The van der Waals surface area contributed by atoms with E-state index in [1.807, 2.05) is 30.0 Å². The van der Waals surface area contributed by atoms with Gasteiger partial charge in [-0.15, -0.1) is 35.7 Å². The average molecular weight is 528 g/mol. The topological polar surface area (TPSA) is 69.9 Å². The summed E-state index contributed by atoms with van der Waals surface area (Å²) in [6.07, 6.45) is 4.79. The maximum atomic E-state index is 11.9. The molecule has 1 aromatic carbocycles. The van der Waals surface area contributed by atoms with Gasteiger partial charge in [-0.1, -0.05) is 18.2 Å². The molecule has 0 bridgehead atoms. The lowest BCUT2D eigenvalue weighted by Gasteiger charge is -2.19. The molecular weight excluding hydrogens is 499 g/mol. The van der Waals surface area contributed by atoms with Crippen molar-refractivity contribution in [3.8, 4) is 0 Å². The number of hydrogen-bond donors (Lipinski definition) is 2. The summed E-state index contributed by atoms with van der Waals surface area (Å²) in [4.78, 5) is 19.2. The van der Waals surface area contributed by atoms with Crippen LogP contribution in [-0.4, -0.2) is 55.2 Å². The Morgan fingerprint density at radius 2 is 1.93 bits per heavy atom. The normalized spacial score (nSPS) is 14.6. The molecule has 8 heteroatoms. The maximum absolute atomic E-state index is 11.9. The molecule has 0 aliphatic heterocycles. The molecule has 1 aliphatic carbocycles. The predicted octanol–water partition coefficient (Wildman–Crippen LogP) is 3.39. The van der Waals surface area contributed by atoms with Crippen molar-refractivity contribution >= 4 is 47.6 Å². The summed E-state index contributed by atoms with van der Waals surface area (Å²) < 4.78 is 5.58. The summed E-state index contributed by atoms with van der Waals surface area (Å²) in [6.45, 7) is 1.63. The summed E-state index contributed by atoms with van der Waals surface area (Å²) in [7, 11) is 3.48. The second kappa shape index (κ2) is 11.5. The van der Waals surface area contributed by atoms with Crippen molar-refractivity contribution in [3.63, 3.8) is 0 Å². The summed E-state index contributed by atoms with van der Waals surface area (Å²) in [5, 5.41) is 6.75. The Bertz CT molecular complexity index is 777. The third-order valence-electron chi connectivity index (χ3n) is 4.58. The van der Waals surface area contributed by atoms with Gasteiger partial charge in [-0.05, 0) is 37.1 Å². The van der Waals surface area contributed by atoms with E-state index in [4.69, 9.17) is 4.42 Å². The summed E-state index contributed by atoms with van der Waals surface area (Å²) in [5.41, 5.74) is 0. The second-order valence-corrected chi connectivity index (χ2v) is 8.70. The molecule has 1 heterocycles. The number of benzene rings is 1. The van der Waals surface area contributed by atoms with Crippen LogP contribution in [0.3, 0.4) is 0 Å². The van der Waals surface area contributed by atoms with E-state index in [9.17, 15) is 4.79 Å². The Morgan fingerprint density at radius 3 is 2.55 bits per heavy atom. The van der Waals surface area contributed by atoms with Crippen LogP contribution in [0.1, 0.15) is 18.6 Å². The van der Waals surface area contributed by atoms with Gasteiger partial charge >= 0.3 is 0 Å². The number of aliphatic imine (C=N–C) groups is 1. The molecule has 0 spiro atoms. The standard InChI is InChI=1S/C21H28N4O2S.HI/c1-25(2)19(26)15-23-20(22-13-10-17-7-6-14-27-17)24-16-21(11-12-21)28-18-8-4-3-5-9-18;/h3-9,14H,10-13,15-16H2,1-2H3,(H2,22,23,24);1H. The van der Waals surface area contributed by atoms with Gasteiger partial charge in [-0.3, -0.25) is 4.79 Å². The number of thioether (sulfide) groups is 1. The number of guanidine groups is 1. The fraction of sp³-hybridized carbons (Fsp3) is 0.429. The van der Waals surface area contributed by atoms with Gasteiger partial charge in [0.15, 0.2) is 5.96 Å².